The van der Waals surface area contributed by atoms with Crippen molar-refractivity contribution in [3.05, 3.63) is 0 Å². The van der Waals surface area contributed by atoms with Crippen molar-refractivity contribution in [2.45, 2.75) is 51.7 Å². The average molecular weight is 185 g/mol. The van der Waals surface area contributed by atoms with Gasteiger partial charge in [-0.25, -0.2) is 0 Å². The lowest BCUT2D eigenvalue weighted by atomic mass is 9.89. The minimum atomic E-state index is 0.183. The zero-order valence-electron chi connectivity index (χ0n) is 8.51. The number of nitrogens with one attached hydrogen (secondary N) is 1. The molecule has 0 heterocycles. The Morgan fingerprint density at radius 3 is 2.69 bits per heavy atom. The van der Waals surface area contributed by atoms with Gasteiger partial charge in [0.25, 0.3) is 0 Å². The zero-order valence-corrected chi connectivity index (χ0v) is 8.51. The van der Waals surface area contributed by atoms with Crippen molar-refractivity contribution < 1.29 is 9.53 Å². The first-order chi connectivity index (χ1) is 6.26. The maximum Gasteiger partial charge on any atom is 0.220 e. The Bertz CT molecular complexity index is 164. The fourth-order valence-electron chi connectivity index (χ4n) is 1.58. The first kappa shape index (κ1) is 10.5. The van der Waals surface area contributed by atoms with Crippen LogP contribution in [-0.2, 0) is 9.53 Å². The van der Waals surface area contributed by atoms with Gasteiger partial charge in [0, 0.05) is 19.1 Å². The molecule has 1 aliphatic rings. The Hall–Kier alpha value is -0.570. The van der Waals surface area contributed by atoms with E-state index in [1.165, 1.54) is 0 Å². The molecule has 13 heavy (non-hydrogen) atoms. The van der Waals surface area contributed by atoms with Crippen molar-refractivity contribution >= 4 is 5.91 Å². The molecule has 3 nitrogen and oxygen atoms in total. The van der Waals surface area contributed by atoms with Crippen LogP contribution in [0.5, 0.6) is 0 Å². The van der Waals surface area contributed by atoms with Gasteiger partial charge in [0.15, 0.2) is 0 Å². The van der Waals surface area contributed by atoms with Gasteiger partial charge in [0.1, 0.15) is 0 Å². The minimum absolute atomic E-state index is 0.183. The van der Waals surface area contributed by atoms with Crippen LogP contribution in [0.3, 0.4) is 0 Å². The quantitative estimate of drug-likeness (QED) is 0.704. The molecule has 0 unspecified atom stereocenters. The Kier molecular flexibility index (Phi) is 4.22. The maximum absolute atomic E-state index is 11.2. The third-order valence-electron chi connectivity index (χ3n) is 2.34. The van der Waals surface area contributed by atoms with Gasteiger partial charge < -0.3 is 10.1 Å². The molecule has 1 aliphatic carbocycles. The summed E-state index contributed by atoms with van der Waals surface area (Å²) in [5, 5.41) is 2.99. The summed E-state index contributed by atoms with van der Waals surface area (Å²) in [6.07, 6.45) is 3.94. The van der Waals surface area contributed by atoms with Crippen LogP contribution < -0.4 is 5.32 Å². The highest BCUT2D eigenvalue weighted by atomic mass is 16.5. The molecule has 1 rings (SSSR count). The van der Waals surface area contributed by atoms with E-state index in [0.717, 1.165) is 25.9 Å². The van der Waals surface area contributed by atoms with E-state index in [1.54, 1.807) is 0 Å². The van der Waals surface area contributed by atoms with Gasteiger partial charge in [-0.2, -0.15) is 0 Å². The van der Waals surface area contributed by atoms with Gasteiger partial charge in [0.2, 0.25) is 5.91 Å². The second-order valence-electron chi connectivity index (χ2n) is 3.56. The number of hydrogen-bond acceptors (Lipinski definition) is 2. The number of amides is 1. The lowest BCUT2D eigenvalue weighted by Crippen LogP contribution is -2.47. The molecule has 76 valence electrons. The molecule has 1 fully saturated rings. The largest absolute Gasteiger partial charge is 0.378 e. The zero-order chi connectivity index (χ0) is 9.68. The minimum Gasteiger partial charge on any atom is -0.378 e. The van der Waals surface area contributed by atoms with Crippen LogP contribution in [0.15, 0.2) is 0 Å². The van der Waals surface area contributed by atoms with Crippen molar-refractivity contribution in [3.8, 4) is 0 Å². The van der Waals surface area contributed by atoms with E-state index in [2.05, 4.69) is 5.32 Å². The number of carbonyl (C=O) groups is 1. The van der Waals surface area contributed by atoms with Gasteiger partial charge in [-0.1, -0.05) is 6.92 Å². The number of carbonyl (C=O) groups excluding carboxylic acids is 1. The monoisotopic (exact) mass is 185 g/mol. The van der Waals surface area contributed by atoms with E-state index >= 15 is 0 Å². The molecule has 0 spiro atoms. The molecule has 0 aromatic rings. The lowest BCUT2D eigenvalue weighted by molar-refractivity contribution is -0.123. The summed E-state index contributed by atoms with van der Waals surface area (Å²) < 4.78 is 5.40. The summed E-state index contributed by atoms with van der Waals surface area (Å²) >= 11 is 0. The maximum atomic E-state index is 11.2. The van der Waals surface area contributed by atoms with Crippen LogP contribution in [0.2, 0.25) is 0 Å². The molecular formula is C10H19NO2. The molecule has 0 aromatic heterocycles. The summed E-state index contributed by atoms with van der Waals surface area (Å²) in [6.45, 7) is 4.80. The molecule has 0 saturated heterocycles. The van der Waals surface area contributed by atoms with E-state index in [4.69, 9.17) is 4.74 Å². The van der Waals surface area contributed by atoms with E-state index in [9.17, 15) is 4.79 Å². The smallest absolute Gasteiger partial charge is 0.220 e. The molecular weight excluding hydrogens is 166 g/mol. The summed E-state index contributed by atoms with van der Waals surface area (Å²) in [4.78, 5) is 11.2. The number of hydrogen-bond donors (Lipinski definition) is 1. The highest BCUT2D eigenvalue weighted by Crippen LogP contribution is 2.23. The predicted molar refractivity (Wildman–Crippen MR) is 51.5 cm³/mol. The molecule has 3 heteroatoms. The van der Waals surface area contributed by atoms with Gasteiger partial charge in [-0.3, -0.25) is 4.79 Å². The Morgan fingerprint density at radius 2 is 2.15 bits per heavy atom. The van der Waals surface area contributed by atoms with Gasteiger partial charge in [-0.05, 0) is 26.2 Å². The van der Waals surface area contributed by atoms with Crippen molar-refractivity contribution in [1.29, 1.82) is 0 Å². The second kappa shape index (κ2) is 5.22. The third-order valence-corrected chi connectivity index (χ3v) is 2.34. The van der Waals surface area contributed by atoms with E-state index < -0.39 is 0 Å². The van der Waals surface area contributed by atoms with E-state index in [1.807, 2.05) is 13.8 Å². The third kappa shape index (κ3) is 3.35. The molecule has 1 saturated carbocycles. The molecule has 0 bridgehead atoms. The molecule has 0 radical (unpaired) electrons. The number of rotatable bonds is 5. The molecule has 1 amide bonds. The van der Waals surface area contributed by atoms with Crippen LogP contribution >= 0.6 is 0 Å². The fraction of sp³-hybridized carbons (Fsp3) is 0.900. The van der Waals surface area contributed by atoms with E-state index in [-0.39, 0.29) is 5.91 Å². The van der Waals surface area contributed by atoms with Crippen molar-refractivity contribution in [3.63, 3.8) is 0 Å². The highest BCUT2D eigenvalue weighted by Gasteiger charge is 2.30. The molecule has 0 aliphatic heterocycles. The Labute approximate surface area is 79.8 Å². The molecule has 0 aromatic carbocycles. The topological polar surface area (TPSA) is 38.3 Å². The van der Waals surface area contributed by atoms with Crippen LogP contribution in [0.25, 0.3) is 0 Å². The lowest BCUT2D eigenvalue weighted by Gasteiger charge is -2.35. The summed E-state index contributed by atoms with van der Waals surface area (Å²) in [5.41, 5.74) is 0. The van der Waals surface area contributed by atoms with Crippen molar-refractivity contribution in [2.24, 2.45) is 0 Å². The first-order valence-electron chi connectivity index (χ1n) is 5.17. The van der Waals surface area contributed by atoms with Crippen molar-refractivity contribution in [1.82, 2.24) is 5.32 Å². The van der Waals surface area contributed by atoms with Gasteiger partial charge >= 0.3 is 0 Å². The van der Waals surface area contributed by atoms with Crippen LogP contribution in [0.1, 0.15) is 39.5 Å². The van der Waals surface area contributed by atoms with Gasteiger partial charge in [-0.15, -0.1) is 0 Å². The number of ether oxygens (including phenoxy) is 1. The predicted octanol–water partition coefficient (Wildman–Crippen LogP) is 1.47. The first-order valence-corrected chi connectivity index (χ1v) is 5.17. The average Bonchev–Trinajstić information content (AvgIpc) is 2.01. The normalized spacial score (nSPS) is 26.6. The Morgan fingerprint density at radius 1 is 1.46 bits per heavy atom. The fourth-order valence-corrected chi connectivity index (χ4v) is 1.58. The summed E-state index contributed by atoms with van der Waals surface area (Å²) in [7, 11) is 0. The molecule has 0 atom stereocenters. The van der Waals surface area contributed by atoms with Crippen molar-refractivity contribution in [2.75, 3.05) is 6.61 Å². The van der Waals surface area contributed by atoms with Crippen LogP contribution in [0, 0.1) is 0 Å². The second-order valence-corrected chi connectivity index (χ2v) is 3.56. The SMILES string of the molecule is CCCC(=O)NC1CC(OCC)C1. The summed E-state index contributed by atoms with van der Waals surface area (Å²) in [6, 6.07) is 0.371. The van der Waals surface area contributed by atoms with E-state index in [0.29, 0.717) is 18.6 Å². The summed E-state index contributed by atoms with van der Waals surface area (Å²) in [5.74, 6) is 0.183. The standard InChI is InChI=1S/C10H19NO2/c1-3-5-10(12)11-8-6-9(7-8)13-4-2/h8-9H,3-7H2,1-2H3,(H,11,12). The van der Waals surface area contributed by atoms with Crippen LogP contribution in [-0.4, -0.2) is 24.7 Å². The Balaban J connectivity index is 2.04. The van der Waals surface area contributed by atoms with Gasteiger partial charge in [0.05, 0.1) is 6.10 Å². The molecule has 1 N–H and O–H groups in total. The highest BCUT2D eigenvalue weighted by molar-refractivity contribution is 5.76. The van der Waals surface area contributed by atoms with Crippen LogP contribution in [0.4, 0.5) is 0 Å².